The van der Waals surface area contributed by atoms with Crippen molar-refractivity contribution in [1.82, 2.24) is 14.7 Å². The molecule has 2 atom stereocenters. The molecule has 236 valence electrons. The van der Waals surface area contributed by atoms with Gasteiger partial charge in [-0.05, 0) is 82.1 Å². The Kier molecular flexibility index (Phi) is 10.5. The lowest BCUT2D eigenvalue weighted by Gasteiger charge is -2.50. The molecule has 0 aromatic heterocycles. The van der Waals surface area contributed by atoms with Gasteiger partial charge in [0.2, 0.25) is 5.91 Å². The normalized spacial score (nSPS) is 19.8. The van der Waals surface area contributed by atoms with Crippen molar-refractivity contribution in [2.24, 2.45) is 11.3 Å². The lowest BCUT2D eigenvalue weighted by Crippen LogP contribution is -2.60. The van der Waals surface area contributed by atoms with E-state index < -0.39 is 5.60 Å². The average Bonchev–Trinajstić information content (AvgIpc) is 2.93. The van der Waals surface area contributed by atoms with Crippen LogP contribution >= 0.6 is 0 Å². The summed E-state index contributed by atoms with van der Waals surface area (Å²) in [6.07, 6.45) is 2.08. The third kappa shape index (κ3) is 8.98. The van der Waals surface area contributed by atoms with Gasteiger partial charge in [0.15, 0.2) is 0 Å². The topological polar surface area (TPSA) is 62.3 Å². The summed E-state index contributed by atoms with van der Waals surface area (Å²) in [5, 5.41) is 0. The number of piperazine rings is 1. The fourth-order valence-corrected chi connectivity index (χ4v) is 6.34. The number of nitrogens with zero attached hydrogens (tertiary/aromatic N) is 3. The van der Waals surface area contributed by atoms with Crippen molar-refractivity contribution < 1.29 is 19.1 Å². The van der Waals surface area contributed by atoms with E-state index in [4.69, 9.17) is 9.47 Å². The first-order valence-corrected chi connectivity index (χ1v) is 16.0. The zero-order chi connectivity index (χ0) is 31.4. The fourth-order valence-electron chi connectivity index (χ4n) is 6.34. The molecule has 2 fully saturated rings. The van der Waals surface area contributed by atoms with E-state index in [1.807, 2.05) is 34.6 Å². The average molecular weight is 592 g/mol. The zero-order valence-electron chi connectivity index (χ0n) is 27.6. The van der Waals surface area contributed by atoms with Gasteiger partial charge < -0.3 is 19.3 Å². The van der Waals surface area contributed by atoms with Gasteiger partial charge in [0.25, 0.3) is 0 Å². The van der Waals surface area contributed by atoms with Crippen molar-refractivity contribution in [1.29, 1.82) is 0 Å². The molecule has 2 aliphatic rings. The van der Waals surface area contributed by atoms with Crippen molar-refractivity contribution in [2.75, 3.05) is 32.7 Å². The van der Waals surface area contributed by atoms with Gasteiger partial charge in [-0.2, -0.15) is 0 Å². The molecule has 1 unspecified atom stereocenters. The van der Waals surface area contributed by atoms with Crippen molar-refractivity contribution >= 4 is 12.0 Å². The van der Waals surface area contributed by atoms with Crippen LogP contribution in [0.3, 0.4) is 0 Å². The van der Waals surface area contributed by atoms with E-state index in [1.165, 1.54) is 11.1 Å². The van der Waals surface area contributed by atoms with E-state index in [0.717, 1.165) is 31.7 Å². The van der Waals surface area contributed by atoms with E-state index in [2.05, 4.69) is 85.2 Å². The molecule has 43 heavy (non-hydrogen) atoms. The van der Waals surface area contributed by atoms with Crippen LogP contribution in [0, 0.1) is 11.3 Å². The second-order valence-corrected chi connectivity index (χ2v) is 14.6. The highest BCUT2D eigenvalue weighted by atomic mass is 16.6. The highest BCUT2D eigenvalue weighted by molar-refractivity contribution is 5.77. The van der Waals surface area contributed by atoms with Crippen LogP contribution in [0.25, 0.3) is 0 Å². The number of hydrogen-bond donors (Lipinski definition) is 0. The number of hydrogen-bond acceptors (Lipinski definition) is 5. The summed E-state index contributed by atoms with van der Waals surface area (Å²) in [7, 11) is 0. The zero-order valence-corrected chi connectivity index (χ0v) is 27.6. The Hall–Kier alpha value is -3.06. The van der Waals surface area contributed by atoms with Gasteiger partial charge in [-0.3, -0.25) is 9.69 Å². The second kappa shape index (κ2) is 13.7. The van der Waals surface area contributed by atoms with Gasteiger partial charge in [0, 0.05) is 45.2 Å². The van der Waals surface area contributed by atoms with Gasteiger partial charge in [0.05, 0.1) is 12.1 Å². The van der Waals surface area contributed by atoms with Gasteiger partial charge in [0.1, 0.15) is 11.4 Å². The molecule has 2 aromatic carbocycles. The second-order valence-electron chi connectivity index (χ2n) is 14.6. The van der Waals surface area contributed by atoms with Crippen molar-refractivity contribution in [2.45, 2.75) is 98.4 Å². The minimum absolute atomic E-state index is 0.0788. The van der Waals surface area contributed by atoms with E-state index in [1.54, 1.807) is 4.90 Å². The molecule has 4 rings (SSSR count). The maximum atomic E-state index is 13.9. The fraction of sp³-hybridized carbons (Fsp3) is 0.611. The van der Waals surface area contributed by atoms with E-state index >= 15 is 0 Å². The number of benzene rings is 2. The molecule has 0 saturated carbocycles. The van der Waals surface area contributed by atoms with Crippen LogP contribution in [-0.2, 0) is 9.53 Å². The molecule has 2 amide bonds. The van der Waals surface area contributed by atoms with Crippen LogP contribution in [0.1, 0.15) is 91.8 Å². The molecule has 2 aliphatic heterocycles. The predicted molar refractivity (Wildman–Crippen MR) is 172 cm³/mol. The smallest absolute Gasteiger partial charge is 0.410 e. The Bertz CT molecular complexity index is 1190. The first kappa shape index (κ1) is 32.8. The van der Waals surface area contributed by atoms with E-state index in [-0.39, 0.29) is 41.5 Å². The van der Waals surface area contributed by atoms with Crippen LogP contribution in [0.15, 0.2) is 54.6 Å². The van der Waals surface area contributed by atoms with Gasteiger partial charge in [-0.1, -0.05) is 63.2 Å². The van der Waals surface area contributed by atoms with Gasteiger partial charge in [-0.15, -0.1) is 0 Å². The number of amides is 2. The summed E-state index contributed by atoms with van der Waals surface area (Å²) >= 11 is 0. The van der Waals surface area contributed by atoms with Gasteiger partial charge >= 0.3 is 6.09 Å². The summed E-state index contributed by atoms with van der Waals surface area (Å²) in [5.74, 6) is 1.40. The molecule has 0 aliphatic carbocycles. The number of carbonyl (C=O) groups excluding carboxylic acids is 2. The summed E-state index contributed by atoms with van der Waals surface area (Å²) in [4.78, 5) is 32.9. The SMILES string of the molecule is CC(C)Oc1ccc(C(c2ccccc2)N2CCN(C(=O)CC3CCN(C(=O)OC(C)(C)C)CC3)[C@@H](C(C)(C)C)C2)cc1. The molecule has 0 spiro atoms. The Labute approximate surface area is 259 Å². The largest absolute Gasteiger partial charge is 0.491 e. The maximum Gasteiger partial charge on any atom is 0.410 e. The maximum absolute atomic E-state index is 13.9. The standard InChI is InChI=1S/C36H53N3O4/c1-26(2)42-30-16-14-29(15-17-30)33(28-12-10-9-11-13-28)38-22-23-39(31(25-38)35(3,4)5)32(40)24-27-18-20-37(21-19-27)34(41)43-36(6,7)8/h9-17,26-27,31,33H,18-25H2,1-8H3/t31-,33?/m1/s1. The lowest BCUT2D eigenvalue weighted by molar-refractivity contribution is -0.141. The van der Waals surface area contributed by atoms with Gasteiger partial charge in [-0.25, -0.2) is 4.79 Å². The minimum atomic E-state index is -0.501. The third-order valence-electron chi connectivity index (χ3n) is 8.51. The first-order valence-electron chi connectivity index (χ1n) is 16.0. The molecule has 0 radical (unpaired) electrons. The van der Waals surface area contributed by atoms with Crippen LogP contribution in [0.2, 0.25) is 0 Å². The van der Waals surface area contributed by atoms with Crippen molar-refractivity contribution in [3.05, 3.63) is 65.7 Å². The first-order chi connectivity index (χ1) is 20.2. The third-order valence-corrected chi connectivity index (χ3v) is 8.51. The summed E-state index contributed by atoms with van der Waals surface area (Å²) in [6.45, 7) is 20.1. The van der Waals surface area contributed by atoms with Crippen LogP contribution in [0.5, 0.6) is 5.75 Å². The quantitative estimate of drug-likeness (QED) is 0.342. The number of likely N-dealkylation sites (tertiary alicyclic amines) is 1. The predicted octanol–water partition coefficient (Wildman–Crippen LogP) is 7.16. The number of ether oxygens (including phenoxy) is 2. The van der Waals surface area contributed by atoms with Crippen LogP contribution in [-0.4, -0.2) is 77.2 Å². The lowest BCUT2D eigenvalue weighted by atomic mass is 9.82. The van der Waals surface area contributed by atoms with E-state index in [9.17, 15) is 9.59 Å². The Balaban J connectivity index is 1.46. The number of carbonyl (C=O) groups is 2. The molecule has 7 heteroatoms. The van der Waals surface area contributed by atoms with Crippen molar-refractivity contribution in [3.8, 4) is 5.75 Å². The molecule has 0 bridgehead atoms. The molecular formula is C36H53N3O4. The highest BCUT2D eigenvalue weighted by Gasteiger charge is 2.41. The van der Waals surface area contributed by atoms with Crippen molar-refractivity contribution in [3.63, 3.8) is 0 Å². The monoisotopic (exact) mass is 591 g/mol. The molecule has 0 N–H and O–H groups in total. The Morgan fingerprint density at radius 3 is 2.00 bits per heavy atom. The molecule has 2 aromatic rings. The summed E-state index contributed by atoms with van der Waals surface area (Å²) < 4.78 is 11.5. The Morgan fingerprint density at radius 1 is 0.837 bits per heavy atom. The summed E-state index contributed by atoms with van der Waals surface area (Å²) in [6, 6.07) is 19.4. The summed E-state index contributed by atoms with van der Waals surface area (Å²) in [5.41, 5.74) is 1.90. The molecule has 7 nitrogen and oxygen atoms in total. The number of piperidine rings is 1. The molecule has 2 saturated heterocycles. The Morgan fingerprint density at radius 2 is 1.44 bits per heavy atom. The van der Waals surface area contributed by atoms with Crippen LogP contribution in [0.4, 0.5) is 4.79 Å². The minimum Gasteiger partial charge on any atom is -0.491 e. The van der Waals surface area contributed by atoms with E-state index in [0.29, 0.717) is 26.1 Å². The molecule has 2 heterocycles. The van der Waals surface area contributed by atoms with Crippen LogP contribution < -0.4 is 4.74 Å². The highest BCUT2D eigenvalue weighted by Crippen LogP contribution is 2.36. The number of rotatable bonds is 7. The molecular weight excluding hydrogens is 538 g/mol.